The van der Waals surface area contributed by atoms with E-state index < -0.39 is 10.9 Å². The van der Waals surface area contributed by atoms with Crippen molar-refractivity contribution < 1.29 is 19.6 Å². The molecule has 0 aliphatic rings. The molecule has 8 heteroatoms. The number of carbonyl (C=O) groups is 1. The van der Waals surface area contributed by atoms with E-state index in [1.807, 2.05) is 0 Å². The van der Waals surface area contributed by atoms with Gasteiger partial charge in [-0.25, -0.2) is 0 Å². The van der Waals surface area contributed by atoms with Crippen LogP contribution in [0.3, 0.4) is 0 Å². The first-order valence-corrected chi connectivity index (χ1v) is 5.07. The van der Waals surface area contributed by atoms with Crippen molar-refractivity contribution in [2.24, 2.45) is 0 Å². The monoisotopic (exact) mass is 244 g/mol. The van der Waals surface area contributed by atoms with Crippen LogP contribution >= 0.6 is 11.8 Å². The van der Waals surface area contributed by atoms with E-state index >= 15 is 0 Å². The van der Waals surface area contributed by atoms with Crippen LogP contribution in [0.25, 0.3) is 0 Å². The molecule has 86 valence electrons. The van der Waals surface area contributed by atoms with Crippen LogP contribution in [0.15, 0.2) is 17.2 Å². The number of hydrogen-bond acceptors (Lipinski definition) is 6. The predicted molar refractivity (Wildman–Crippen MR) is 55.8 cm³/mol. The fourth-order valence-electron chi connectivity index (χ4n) is 0.905. The Morgan fingerprint density at radius 1 is 1.69 bits per heavy atom. The highest BCUT2D eigenvalue weighted by Gasteiger charge is 2.17. The van der Waals surface area contributed by atoms with Crippen LogP contribution in [0.1, 0.15) is 0 Å². The quantitative estimate of drug-likeness (QED) is 0.471. The van der Waals surface area contributed by atoms with E-state index in [2.05, 4.69) is 4.98 Å². The van der Waals surface area contributed by atoms with Gasteiger partial charge in [0.05, 0.1) is 17.8 Å². The summed E-state index contributed by atoms with van der Waals surface area (Å²) in [4.78, 5) is 24.2. The van der Waals surface area contributed by atoms with E-state index in [1.54, 1.807) is 0 Å². The minimum atomic E-state index is -1.07. The van der Waals surface area contributed by atoms with Gasteiger partial charge in [-0.15, -0.1) is 0 Å². The second kappa shape index (κ2) is 5.31. The Kier molecular flexibility index (Phi) is 4.06. The van der Waals surface area contributed by atoms with E-state index in [4.69, 9.17) is 9.84 Å². The number of thioether (sulfide) groups is 1. The second-order valence-corrected chi connectivity index (χ2v) is 3.58. The third kappa shape index (κ3) is 3.09. The molecule has 0 unspecified atom stereocenters. The van der Waals surface area contributed by atoms with Gasteiger partial charge in [-0.2, -0.15) is 4.98 Å². The number of nitro groups is 1. The van der Waals surface area contributed by atoms with Crippen LogP contribution in [0.2, 0.25) is 0 Å². The Bertz CT molecular complexity index is 423. The number of aromatic nitrogens is 1. The largest absolute Gasteiger partial charge is 0.481 e. The molecule has 0 aliphatic carbocycles. The van der Waals surface area contributed by atoms with Gasteiger partial charge in [0.1, 0.15) is 0 Å². The number of ether oxygens (including phenoxy) is 1. The summed E-state index contributed by atoms with van der Waals surface area (Å²) in [6.07, 6.45) is 0. The maximum Gasteiger partial charge on any atom is 0.313 e. The van der Waals surface area contributed by atoms with Crippen molar-refractivity contribution in [1.82, 2.24) is 4.98 Å². The number of pyridine rings is 1. The number of carboxylic acid groups (broad SMARTS) is 1. The van der Waals surface area contributed by atoms with Crippen LogP contribution < -0.4 is 4.74 Å². The zero-order valence-corrected chi connectivity index (χ0v) is 9.06. The molecule has 7 nitrogen and oxygen atoms in total. The van der Waals surface area contributed by atoms with E-state index in [9.17, 15) is 14.9 Å². The Morgan fingerprint density at radius 3 is 2.88 bits per heavy atom. The number of nitrogens with zero attached hydrogens (tertiary/aromatic N) is 2. The van der Waals surface area contributed by atoms with Crippen molar-refractivity contribution in [3.05, 3.63) is 22.2 Å². The van der Waals surface area contributed by atoms with Gasteiger partial charge in [0.15, 0.2) is 5.03 Å². The third-order valence-corrected chi connectivity index (χ3v) is 2.52. The Morgan fingerprint density at radius 2 is 2.38 bits per heavy atom. The van der Waals surface area contributed by atoms with Crippen molar-refractivity contribution in [1.29, 1.82) is 0 Å². The van der Waals surface area contributed by atoms with Gasteiger partial charge in [-0.05, 0) is 0 Å². The molecule has 0 aromatic carbocycles. The maximum absolute atomic E-state index is 10.6. The van der Waals surface area contributed by atoms with Crippen LogP contribution in [0.5, 0.6) is 5.88 Å². The summed E-state index contributed by atoms with van der Waals surface area (Å²) in [6.45, 7) is 0. The first-order valence-electron chi connectivity index (χ1n) is 4.08. The first-order chi connectivity index (χ1) is 7.54. The maximum atomic E-state index is 10.6. The van der Waals surface area contributed by atoms with Crippen LogP contribution in [0.4, 0.5) is 5.69 Å². The Hall–Kier alpha value is -1.83. The normalized spacial score (nSPS) is 9.81. The molecule has 1 rings (SSSR count). The number of rotatable bonds is 5. The lowest BCUT2D eigenvalue weighted by molar-refractivity contribution is -0.388. The summed E-state index contributed by atoms with van der Waals surface area (Å²) in [5.74, 6) is -1.15. The molecule has 1 N–H and O–H groups in total. The molecule has 1 aromatic rings. The molecule has 0 aliphatic heterocycles. The van der Waals surface area contributed by atoms with Gasteiger partial charge in [0, 0.05) is 12.1 Å². The highest BCUT2D eigenvalue weighted by atomic mass is 32.2. The third-order valence-electron chi connectivity index (χ3n) is 1.55. The highest BCUT2D eigenvalue weighted by Crippen LogP contribution is 2.28. The molecule has 0 atom stereocenters. The molecule has 0 saturated heterocycles. The van der Waals surface area contributed by atoms with Crippen molar-refractivity contribution >= 4 is 23.4 Å². The van der Waals surface area contributed by atoms with Crippen molar-refractivity contribution in [3.8, 4) is 5.88 Å². The molecular formula is C8H8N2O5S. The van der Waals surface area contributed by atoms with Crippen molar-refractivity contribution in [2.45, 2.75) is 5.03 Å². The number of aliphatic carboxylic acids is 1. The molecule has 0 saturated carbocycles. The van der Waals surface area contributed by atoms with Crippen LogP contribution in [-0.2, 0) is 4.79 Å². The molecule has 0 amide bonds. The second-order valence-electron chi connectivity index (χ2n) is 2.62. The van der Waals surface area contributed by atoms with Gasteiger partial charge in [-0.1, -0.05) is 11.8 Å². The van der Waals surface area contributed by atoms with Crippen LogP contribution in [0, 0.1) is 10.1 Å². The number of methoxy groups -OCH3 is 1. The molecule has 0 fully saturated rings. The van der Waals surface area contributed by atoms with E-state index in [0.717, 1.165) is 11.8 Å². The lowest BCUT2D eigenvalue weighted by atomic mass is 10.4. The van der Waals surface area contributed by atoms with E-state index in [-0.39, 0.29) is 22.3 Å². The summed E-state index contributed by atoms with van der Waals surface area (Å²) in [6, 6.07) is 2.58. The molecule has 0 bridgehead atoms. The Labute approximate surface area is 94.6 Å². The summed E-state index contributed by atoms with van der Waals surface area (Å²) in [5.41, 5.74) is -0.230. The summed E-state index contributed by atoms with van der Waals surface area (Å²) in [7, 11) is 1.37. The van der Waals surface area contributed by atoms with Gasteiger partial charge >= 0.3 is 11.7 Å². The molecule has 0 spiro atoms. The zero-order valence-electron chi connectivity index (χ0n) is 8.24. The van der Waals surface area contributed by atoms with Crippen molar-refractivity contribution in [3.63, 3.8) is 0 Å². The number of hydrogen-bond donors (Lipinski definition) is 1. The van der Waals surface area contributed by atoms with E-state index in [1.165, 1.54) is 19.2 Å². The van der Waals surface area contributed by atoms with Gasteiger partial charge in [0.25, 0.3) is 0 Å². The van der Waals surface area contributed by atoms with Gasteiger partial charge < -0.3 is 9.84 Å². The summed E-state index contributed by atoms with van der Waals surface area (Å²) < 4.78 is 4.80. The predicted octanol–water partition coefficient (Wildman–Crippen LogP) is 1.18. The SMILES string of the molecule is COc1ccc([N+](=O)[O-])c(SCC(=O)O)n1. The molecule has 1 aromatic heterocycles. The summed E-state index contributed by atoms with van der Waals surface area (Å²) in [5, 5.41) is 19.1. The lowest BCUT2D eigenvalue weighted by Crippen LogP contribution is -2.01. The smallest absolute Gasteiger partial charge is 0.313 e. The molecule has 16 heavy (non-hydrogen) atoms. The van der Waals surface area contributed by atoms with Gasteiger partial charge in [0.2, 0.25) is 5.88 Å². The fourth-order valence-corrected chi connectivity index (χ4v) is 1.61. The molecular weight excluding hydrogens is 236 g/mol. The standard InChI is InChI=1S/C8H8N2O5S/c1-15-6-3-2-5(10(13)14)8(9-6)16-4-7(11)12/h2-3H,4H2,1H3,(H,11,12). The summed E-state index contributed by atoms with van der Waals surface area (Å²) >= 11 is 0.781. The average molecular weight is 244 g/mol. The van der Waals surface area contributed by atoms with Crippen LogP contribution in [-0.4, -0.2) is 33.8 Å². The number of carboxylic acids is 1. The van der Waals surface area contributed by atoms with E-state index in [0.29, 0.717) is 0 Å². The first kappa shape index (κ1) is 12.2. The molecule has 0 radical (unpaired) electrons. The topological polar surface area (TPSA) is 103 Å². The average Bonchev–Trinajstić information content (AvgIpc) is 2.25. The highest BCUT2D eigenvalue weighted by molar-refractivity contribution is 8.00. The molecule has 1 heterocycles. The lowest BCUT2D eigenvalue weighted by Gasteiger charge is -2.02. The van der Waals surface area contributed by atoms with Crippen molar-refractivity contribution in [2.75, 3.05) is 12.9 Å². The van der Waals surface area contributed by atoms with Gasteiger partial charge in [-0.3, -0.25) is 14.9 Å². The Balaban J connectivity index is 3.00. The minimum absolute atomic E-state index is 0.0340. The zero-order chi connectivity index (χ0) is 12.1. The fraction of sp³-hybridized carbons (Fsp3) is 0.250. The minimum Gasteiger partial charge on any atom is -0.481 e.